The minimum Gasteiger partial charge on any atom is -0.507 e. The molecule has 32 heavy (non-hydrogen) atoms. The van der Waals surface area contributed by atoms with Crippen LogP contribution in [0.4, 0.5) is 0 Å². The van der Waals surface area contributed by atoms with Crippen molar-refractivity contribution in [1.29, 1.82) is 0 Å². The number of esters is 1. The van der Waals surface area contributed by atoms with Crippen LogP contribution >= 0.6 is 0 Å². The van der Waals surface area contributed by atoms with E-state index in [0.717, 1.165) is 27.1 Å². The Bertz CT molecular complexity index is 1460. The molecule has 0 aliphatic rings. The Hall–Kier alpha value is -4.31. The van der Waals surface area contributed by atoms with Crippen LogP contribution < -0.4 is 0 Å². The summed E-state index contributed by atoms with van der Waals surface area (Å²) in [6.45, 7) is 0.0980. The number of hydrogen-bond acceptors (Lipinski definition) is 4. The van der Waals surface area contributed by atoms with Crippen molar-refractivity contribution in [1.82, 2.24) is 0 Å². The normalized spacial score (nSPS) is 11.0. The summed E-state index contributed by atoms with van der Waals surface area (Å²) >= 11 is 0. The number of ether oxygens (including phenoxy) is 1. The quantitative estimate of drug-likeness (QED) is 0.329. The van der Waals surface area contributed by atoms with E-state index in [1.165, 1.54) is 0 Å². The van der Waals surface area contributed by atoms with Crippen LogP contribution in [0.2, 0.25) is 0 Å². The Morgan fingerprint density at radius 3 is 2.06 bits per heavy atom. The van der Waals surface area contributed by atoms with Crippen LogP contribution in [0, 0.1) is 0 Å². The van der Waals surface area contributed by atoms with Crippen molar-refractivity contribution in [3.8, 4) is 22.6 Å². The van der Waals surface area contributed by atoms with E-state index in [9.17, 15) is 15.0 Å². The first-order valence-electron chi connectivity index (χ1n) is 10.3. The van der Waals surface area contributed by atoms with Gasteiger partial charge in [-0.25, -0.2) is 4.79 Å². The molecule has 0 aromatic heterocycles. The average Bonchev–Trinajstić information content (AvgIpc) is 2.83. The van der Waals surface area contributed by atoms with Crippen LogP contribution in [-0.4, -0.2) is 16.2 Å². The van der Waals surface area contributed by atoms with E-state index in [1.54, 1.807) is 12.1 Å². The van der Waals surface area contributed by atoms with Crippen molar-refractivity contribution < 1.29 is 19.7 Å². The lowest BCUT2D eigenvalue weighted by molar-refractivity contribution is 0.0469. The zero-order valence-electron chi connectivity index (χ0n) is 17.2. The predicted octanol–water partition coefficient (Wildman–Crippen LogP) is 6.43. The summed E-state index contributed by atoms with van der Waals surface area (Å²) in [7, 11) is 0. The minimum absolute atomic E-state index is 0.0268. The van der Waals surface area contributed by atoms with E-state index in [4.69, 9.17) is 4.74 Å². The molecule has 0 amide bonds. The Kier molecular flexibility index (Phi) is 4.96. The fourth-order valence-corrected chi connectivity index (χ4v) is 4.07. The molecule has 5 aromatic rings. The van der Waals surface area contributed by atoms with Gasteiger partial charge in [0.05, 0.1) is 0 Å². The second-order valence-corrected chi connectivity index (χ2v) is 7.61. The van der Waals surface area contributed by atoms with E-state index in [1.807, 2.05) is 84.9 Å². The number of fused-ring (bicyclic) bond motifs is 2. The summed E-state index contributed by atoms with van der Waals surface area (Å²) < 4.78 is 5.49. The Labute approximate surface area is 185 Å². The zero-order chi connectivity index (χ0) is 22.1. The lowest BCUT2D eigenvalue weighted by Gasteiger charge is -2.16. The lowest BCUT2D eigenvalue weighted by Crippen LogP contribution is -2.06. The summed E-state index contributed by atoms with van der Waals surface area (Å²) in [5.74, 6) is -0.814. The van der Waals surface area contributed by atoms with Gasteiger partial charge in [0.25, 0.3) is 0 Å². The summed E-state index contributed by atoms with van der Waals surface area (Å²) in [4.78, 5) is 13.0. The van der Waals surface area contributed by atoms with Crippen molar-refractivity contribution in [3.63, 3.8) is 0 Å². The Morgan fingerprint density at radius 1 is 0.688 bits per heavy atom. The molecule has 5 aromatic carbocycles. The van der Waals surface area contributed by atoms with Crippen molar-refractivity contribution in [2.24, 2.45) is 0 Å². The Morgan fingerprint density at radius 2 is 1.31 bits per heavy atom. The molecule has 0 unspecified atom stereocenters. The molecule has 5 rings (SSSR count). The fourth-order valence-electron chi connectivity index (χ4n) is 4.07. The molecule has 0 aliphatic heterocycles. The highest BCUT2D eigenvalue weighted by molar-refractivity contribution is 6.13. The van der Waals surface area contributed by atoms with Crippen molar-refractivity contribution in [2.75, 3.05) is 0 Å². The van der Waals surface area contributed by atoms with Crippen LogP contribution in [-0.2, 0) is 11.3 Å². The van der Waals surface area contributed by atoms with Gasteiger partial charge in [-0.15, -0.1) is 0 Å². The van der Waals surface area contributed by atoms with Gasteiger partial charge in [-0.05, 0) is 39.2 Å². The molecule has 0 saturated carbocycles. The van der Waals surface area contributed by atoms with Crippen LogP contribution in [0.3, 0.4) is 0 Å². The summed E-state index contributed by atoms with van der Waals surface area (Å²) in [6, 6.07) is 29.5. The van der Waals surface area contributed by atoms with E-state index in [2.05, 4.69) is 0 Å². The van der Waals surface area contributed by atoms with Gasteiger partial charge in [0.2, 0.25) is 0 Å². The van der Waals surface area contributed by atoms with Crippen molar-refractivity contribution in [2.45, 2.75) is 6.61 Å². The minimum atomic E-state index is -0.627. The van der Waals surface area contributed by atoms with Crippen LogP contribution in [0.1, 0.15) is 15.9 Å². The molecule has 0 fully saturated rings. The second-order valence-electron chi connectivity index (χ2n) is 7.61. The SMILES string of the molecule is O=C(OCc1ccccc1)c1cc2ccccc2c(-c2c(O)ccc3ccccc23)c1O. The number of benzene rings is 5. The molecule has 2 N–H and O–H groups in total. The number of aromatic hydroxyl groups is 2. The molecule has 0 saturated heterocycles. The van der Waals surface area contributed by atoms with Crippen LogP contribution in [0.15, 0.2) is 97.1 Å². The molecular weight excluding hydrogens is 400 g/mol. The molecule has 0 atom stereocenters. The molecule has 4 nitrogen and oxygen atoms in total. The average molecular weight is 420 g/mol. The standard InChI is InChI=1S/C28H20O4/c29-24-15-14-19-10-4-6-12-21(19)25(24)26-22-13-7-5-11-20(22)16-23(27(26)30)28(31)32-17-18-8-2-1-3-9-18/h1-16,29-30H,17H2. The molecule has 0 spiro atoms. The highest BCUT2D eigenvalue weighted by Gasteiger charge is 2.23. The third-order valence-electron chi connectivity index (χ3n) is 5.61. The first-order chi connectivity index (χ1) is 15.6. The summed E-state index contributed by atoms with van der Waals surface area (Å²) in [5, 5.41) is 25.3. The van der Waals surface area contributed by atoms with E-state index in [0.29, 0.717) is 11.1 Å². The maximum atomic E-state index is 13.0. The zero-order valence-corrected chi connectivity index (χ0v) is 17.2. The van der Waals surface area contributed by atoms with Gasteiger partial charge in [-0.1, -0.05) is 84.9 Å². The highest BCUT2D eigenvalue weighted by Crippen LogP contribution is 2.46. The topological polar surface area (TPSA) is 66.8 Å². The molecule has 0 radical (unpaired) electrons. The number of phenolic OH excluding ortho intramolecular Hbond substituents is 2. The van der Waals surface area contributed by atoms with Gasteiger partial charge < -0.3 is 14.9 Å². The van der Waals surface area contributed by atoms with Gasteiger partial charge in [0.15, 0.2) is 0 Å². The third-order valence-corrected chi connectivity index (χ3v) is 5.61. The maximum Gasteiger partial charge on any atom is 0.342 e. The number of carbonyl (C=O) groups excluding carboxylic acids is 1. The maximum absolute atomic E-state index is 13.0. The molecule has 0 aliphatic carbocycles. The molecule has 0 bridgehead atoms. The van der Waals surface area contributed by atoms with Gasteiger partial charge in [-0.2, -0.15) is 0 Å². The van der Waals surface area contributed by atoms with Crippen molar-refractivity contribution >= 4 is 27.5 Å². The number of carbonyl (C=O) groups is 1. The lowest BCUT2D eigenvalue weighted by atomic mass is 9.90. The number of phenols is 2. The van der Waals surface area contributed by atoms with E-state index < -0.39 is 5.97 Å². The number of hydrogen-bond donors (Lipinski definition) is 2. The smallest absolute Gasteiger partial charge is 0.342 e. The second kappa shape index (κ2) is 8.08. The summed E-state index contributed by atoms with van der Waals surface area (Å²) in [6.07, 6.45) is 0. The molecular formula is C28H20O4. The monoisotopic (exact) mass is 420 g/mol. The van der Waals surface area contributed by atoms with Gasteiger partial charge >= 0.3 is 5.97 Å². The molecule has 0 heterocycles. The van der Waals surface area contributed by atoms with Gasteiger partial charge in [-0.3, -0.25) is 0 Å². The largest absolute Gasteiger partial charge is 0.507 e. The molecule has 4 heteroatoms. The highest BCUT2D eigenvalue weighted by atomic mass is 16.5. The summed E-state index contributed by atoms with van der Waals surface area (Å²) in [5.41, 5.74) is 1.80. The predicted molar refractivity (Wildman–Crippen MR) is 126 cm³/mol. The number of rotatable bonds is 4. The van der Waals surface area contributed by atoms with E-state index in [-0.39, 0.29) is 23.7 Å². The van der Waals surface area contributed by atoms with E-state index >= 15 is 0 Å². The first-order valence-corrected chi connectivity index (χ1v) is 10.3. The van der Waals surface area contributed by atoms with Crippen LogP contribution in [0.25, 0.3) is 32.7 Å². The Balaban J connectivity index is 1.70. The third kappa shape index (κ3) is 3.42. The fraction of sp³-hybridized carbons (Fsp3) is 0.0357. The van der Waals surface area contributed by atoms with Crippen LogP contribution in [0.5, 0.6) is 11.5 Å². The van der Waals surface area contributed by atoms with Gasteiger partial charge in [0.1, 0.15) is 23.7 Å². The van der Waals surface area contributed by atoms with Crippen molar-refractivity contribution in [3.05, 3.63) is 108 Å². The van der Waals surface area contributed by atoms with Gasteiger partial charge in [0, 0.05) is 11.1 Å². The molecule has 156 valence electrons. The first kappa shape index (κ1) is 19.6.